The first-order valence-corrected chi connectivity index (χ1v) is 8.86. The lowest BCUT2D eigenvalue weighted by Gasteiger charge is -2.32. The number of hydrogen-bond donors (Lipinski definition) is 1. The summed E-state index contributed by atoms with van der Waals surface area (Å²) < 4.78 is 26.2. The number of pyridine rings is 1. The van der Waals surface area contributed by atoms with Crippen LogP contribution in [0.25, 0.3) is 0 Å². The Kier molecular flexibility index (Phi) is 5.30. The van der Waals surface area contributed by atoms with Crippen LogP contribution in [0.4, 0.5) is 0 Å². The molecule has 0 radical (unpaired) electrons. The first-order chi connectivity index (χ1) is 10.0. The molecule has 21 heavy (non-hydrogen) atoms. The van der Waals surface area contributed by atoms with E-state index < -0.39 is 10.0 Å². The van der Waals surface area contributed by atoms with Crippen LogP contribution in [-0.4, -0.2) is 49.1 Å². The molecule has 0 spiro atoms. The zero-order valence-electron chi connectivity index (χ0n) is 12.2. The van der Waals surface area contributed by atoms with Crippen LogP contribution in [0.1, 0.15) is 36.5 Å². The lowest BCUT2D eigenvalue weighted by Crippen LogP contribution is -2.46. The van der Waals surface area contributed by atoms with Crippen LogP contribution in [0.3, 0.4) is 0 Å². The van der Waals surface area contributed by atoms with E-state index in [1.807, 2.05) is 6.92 Å². The van der Waals surface area contributed by atoms with Crippen LogP contribution in [0, 0.1) is 0 Å². The molecule has 7 heteroatoms. The molecule has 6 nitrogen and oxygen atoms in total. The Hall–Kier alpha value is -1.47. The average Bonchev–Trinajstić information content (AvgIpc) is 2.48. The molecule has 2 heterocycles. The van der Waals surface area contributed by atoms with Gasteiger partial charge in [-0.1, -0.05) is 6.92 Å². The molecular weight excluding hydrogens is 290 g/mol. The second kappa shape index (κ2) is 7.00. The summed E-state index contributed by atoms with van der Waals surface area (Å²) in [7, 11) is -3.18. The van der Waals surface area contributed by atoms with Crippen molar-refractivity contribution in [1.29, 1.82) is 0 Å². The largest absolute Gasteiger partial charge is 0.339 e. The predicted octanol–water partition coefficient (Wildman–Crippen LogP) is 1.02. The topological polar surface area (TPSA) is 79.4 Å². The Balaban J connectivity index is 1.88. The van der Waals surface area contributed by atoms with Gasteiger partial charge in [0.15, 0.2) is 0 Å². The molecule has 1 aliphatic heterocycles. The molecule has 1 aromatic heterocycles. The highest BCUT2D eigenvalue weighted by atomic mass is 32.2. The molecule has 1 N–H and O–H groups in total. The van der Waals surface area contributed by atoms with Crippen LogP contribution >= 0.6 is 0 Å². The first kappa shape index (κ1) is 15.9. The second-order valence-electron chi connectivity index (χ2n) is 5.24. The third-order valence-corrected chi connectivity index (χ3v) is 5.17. The van der Waals surface area contributed by atoms with Gasteiger partial charge in [-0.25, -0.2) is 13.1 Å². The fraction of sp³-hybridized carbons (Fsp3) is 0.571. The van der Waals surface area contributed by atoms with Gasteiger partial charge in [0.05, 0.1) is 5.75 Å². The van der Waals surface area contributed by atoms with Gasteiger partial charge in [0, 0.05) is 37.1 Å². The number of sulfonamides is 1. The minimum absolute atomic E-state index is 0.0211. The van der Waals surface area contributed by atoms with Crippen LogP contribution in [0.5, 0.6) is 0 Å². The molecule has 0 aliphatic carbocycles. The van der Waals surface area contributed by atoms with E-state index in [-0.39, 0.29) is 17.7 Å². The molecule has 0 unspecified atom stereocenters. The van der Waals surface area contributed by atoms with Gasteiger partial charge in [0.1, 0.15) is 0 Å². The van der Waals surface area contributed by atoms with Gasteiger partial charge >= 0.3 is 0 Å². The number of rotatable bonds is 5. The van der Waals surface area contributed by atoms with Crippen molar-refractivity contribution in [2.45, 2.75) is 32.2 Å². The molecule has 0 aromatic carbocycles. The summed E-state index contributed by atoms with van der Waals surface area (Å²) in [5.41, 5.74) is 0.620. The zero-order chi connectivity index (χ0) is 15.3. The van der Waals surface area contributed by atoms with Crippen molar-refractivity contribution in [2.75, 3.05) is 18.8 Å². The molecular formula is C14H21N3O3S. The number of aromatic nitrogens is 1. The average molecular weight is 311 g/mol. The van der Waals surface area contributed by atoms with E-state index in [2.05, 4.69) is 9.71 Å². The molecule has 0 atom stereocenters. The number of likely N-dealkylation sites (tertiary alicyclic amines) is 1. The number of hydrogen-bond acceptors (Lipinski definition) is 4. The standard InChI is InChI=1S/C14H21N3O3S/c1-2-11-21(19,20)16-13-5-9-17(10-6-13)14(18)12-3-7-15-8-4-12/h3-4,7-8,13,16H,2,5-6,9-11H2,1H3. The highest BCUT2D eigenvalue weighted by molar-refractivity contribution is 7.89. The van der Waals surface area contributed by atoms with Crippen molar-refractivity contribution in [2.24, 2.45) is 0 Å². The van der Waals surface area contributed by atoms with Gasteiger partial charge in [-0.05, 0) is 31.4 Å². The normalized spacial score (nSPS) is 16.9. The fourth-order valence-corrected chi connectivity index (χ4v) is 3.86. The number of carbonyl (C=O) groups excluding carboxylic acids is 1. The Morgan fingerprint density at radius 1 is 1.33 bits per heavy atom. The van der Waals surface area contributed by atoms with E-state index in [4.69, 9.17) is 0 Å². The molecule has 1 fully saturated rings. The van der Waals surface area contributed by atoms with Gasteiger partial charge < -0.3 is 4.90 Å². The van der Waals surface area contributed by atoms with Crippen LogP contribution < -0.4 is 4.72 Å². The summed E-state index contributed by atoms with van der Waals surface area (Å²) >= 11 is 0. The highest BCUT2D eigenvalue weighted by Gasteiger charge is 2.26. The molecule has 2 rings (SSSR count). The molecule has 1 aromatic rings. The molecule has 0 saturated carbocycles. The van der Waals surface area contributed by atoms with E-state index in [0.717, 1.165) is 0 Å². The summed E-state index contributed by atoms with van der Waals surface area (Å²) in [5, 5.41) is 0. The van der Waals surface area contributed by atoms with E-state index >= 15 is 0 Å². The second-order valence-corrected chi connectivity index (χ2v) is 7.11. The van der Waals surface area contributed by atoms with Crippen molar-refractivity contribution in [3.05, 3.63) is 30.1 Å². The summed E-state index contributed by atoms with van der Waals surface area (Å²) in [4.78, 5) is 17.9. The van der Waals surface area contributed by atoms with E-state index in [9.17, 15) is 13.2 Å². The molecule has 116 valence electrons. The number of nitrogens with one attached hydrogen (secondary N) is 1. The Labute approximate surface area is 125 Å². The van der Waals surface area contributed by atoms with Gasteiger partial charge in [-0.15, -0.1) is 0 Å². The highest BCUT2D eigenvalue weighted by Crippen LogP contribution is 2.14. The monoisotopic (exact) mass is 311 g/mol. The van der Waals surface area contributed by atoms with Gasteiger partial charge in [-0.3, -0.25) is 9.78 Å². The van der Waals surface area contributed by atoms with Crippen molar-refractivity contribution in [1.82, 2.24) is 14.6 Å². The Morgan fingerprint density at radius 3 is 2.52 bits per heavy atom. The maximum absolute atomic E-state index is 12.3. The first-order valence-electron chi connectivity index (χ1n) is 7.21. The van der Waals surface area contributed by atoms with E-state index in [1.165, 1.54) is 0 Å². The molecule has 1 amide bonds. The minimum atomic E-state index is -3.18. The summed E-state index contributed by atoms with van der Waals surface area (Å²) in [5.74, 6) is 0.135. The lowest BCUT2D eigenvalue weighted by atomic mass is 10.1. The third kappa shape index (κ3) is 4.50. The Bertz CT molecular complexity index is 566. The molecule has 1 aliphatic rings. The van der Waals surface area contributed by atoms with Gasteiger partial charge in [0.25, 0.3) is 5.91 Å². The Morgan fingerprint density at radius 2 is 1.95 bits per heavy atom. The molecule has 0 bridgehead atoms. The summed E-state index contributed by atoms with van der Waals surface area (Å²) in [6.45, 7) is 2.98. The minimum Gasteiger partial charge on any atom is -0.339 e. The van der Waals surface area contributed by atoms with E-state index in [0.29, 0.717) is 37.9 Å². The van der Waals surface area contributed by atoms with Gasteiger partial charge in [0.2, 0.25) is 10.0 Å². The quantitative estimate of drug-likeness (QED) is 0.880. The maximum atomic E-state index is 12.3. The van der Waals surface area contributed by atoms with Gasteiger partial charge in [-0.2, -0.15) is 0 Å². The SMILES string of the molecule is CCCS(=O)(=O)NC1CCN(C(=O)c2ccncc2)CC1. The number of carbonyl (C=O) groups is 1. The zero-order valence-corrected chi connectivity index (χ0v) is 13.0. The van der Waals surface area contributed by atoms with Crippen molar-refractivity contribution >= 4 is 15.9 Å². The summed E-state index contributed by atoms with van der Waals surface area (Å²) in [6, 6.07) is 3.32. The molecule has 1 saturated heterocycles. The third-order valence-electron chi connectivity index (χ3n) is 3.53. The number of nitrogens with zero attached hydrogens (tertiary/aromatic N) is 2. The predicted molar refractivity (Wildman–Crippen MR) is 80.4 cm³/mol. The van der Waals surface area contributed by atoms with Crippen LogP contribution in [0.15, 0.2) is 24.5 Å². The van der Waals surface area contributed by atoms with E-state index in [1.54, 1.807) is 29.4 Å². The van der Waals surface area contributed by atoms with Crippen LogP contribution in [-0.2, 0) is 10.0 Å². The maximum Gasteiger partial charge on any atom is 0.253 e. The van der Waals surface area contributed by atoms with Crippen molar-refractivity contribution in [3.63, 3.8) is 0 Å². The number of amides is 1. The number of piperidine rings is 1. The fourth-order valence-electron chi connectivity index (χ4n) is 2.46. The van der Waals surface area contributed by atoms with Crippen molar-refractivity contribution in [3.8, 4) is 0 Å². The van der Waals surface area contributed by atoms with Crippen molar-refractivity contribution < 1.29 is 13.2 Å². The van der Waals surface area contributed by atoms with Crippen LogP contribution in [0.2, 0.25) is 0 Å². The summed E-state index contributed by atoms with van der Waals surface area (Å²) in [6.07, 6.45) is 5.10. The lowest BCUT2D eigenvalue weighted by molar-refractivity contribution is 0.0711. The smallest absolute Gasteiger partial charge is 0.253 e.